The van der Waals surface area contributed by atoms with Crippen molar-refractivity contribution in [1.29, 1.82) is 0 Å². The Labute approximate surface area is 287 Å². The summed E-state index contributed by atoms with van der Waals surface area (Å²) in [6, 6.07) is 6.10. The molecule has 4 aliphatic carbocycles. The van der Waals surface area contributed by atoms with E-state index in [4.69, 9.17) is 14.2 Å². The minimum absolute atomic E-state index is 0. The molecule has 0 amide bonds. The Balaban J connectivity index is 0.00000417. The summed E-state index contributed by atoms with van der Waals surface area (Å²) in [6.45, 7) is 15.2. The van der Waals surface area contributed by atoms with Gasteiger partial charge in [0.1, 0.15) is 19.3 Å². The second-order valence-corrected chi connectivity index (χ2v) is 15.2. The summed E-state index contributed by atoms with van der Waals surface area (Å²) in [7, 11) is 1.69. The monoisotopic (exact) mass is 695 g/mol. The lowest BCUT2D eigenvalue weighted by atomic mass is 9.48. The number of carbonyl (C=O) groups is 2. The Morgan fingerprint density at radius 2 is 1.80 bits per heavy atom. The number of quaternary nitrogens is 1. The molecule has 1 saturated heterocycles. The van der Waals surface area contributed by atoms with Gasteiger partial charge in [-0.1, -0.05) is 38.1 Å². The number of piperidine rings is 1. The topological polar surface area (TPSA) is 61.8 Å². The molecule has 46 heavy (non-hydrogen) atoms. The number of ether oxygens (including phenoxy) is 3. The predicted octanol–water partition coefficient (Wildman–Crippen LogP) is 4.72. The number of likely N-dealkylation sites (tertiary alicyclic amines) is 1. The van der Waals surface area contributed by atoms with E-state index in [0.717, 1.165) is 85.2 Å². The van der Waals surface area contributed by atoms with Gasteiger partial charge in [-0.3, -0.25) is 9.59 Å². The number of benzene rings is 1. The summed E-state index contributed by atoms with van der Waals surface area (Å²) < 4.78 is 18.7. The number of allylic oxidation sites excluding steroid dienone is 2. The molecule has 6 rings (SSSR count). The van der Waals surface area contributed by atoms with E-state index in [-0.39, 0.29) is 39.9 Å². The molecule has 3 saturated carbocycles. The van der Waals surface area contributed by atoms with Gasteiger partial charge in [0, 0.05) is 18.8 Å². The van der Waals surface area contributed by atoms with Crippen LogP contribution >= 0.6 is 0 Å². The fourth-order valence-electron chi connectivity index (χ4n) is 10.2. The summed E-state index contributed by atoms with van der Waals surface area (Å²) in [5.74, 6) is 3.08. The highest BCUT2D eigenvalue weighted by molar-refractivity contribution is 6.06. The molecule has 0 radical (unpaired) electrons. The van der Waals surface area contributed by atoms with Crippen molar-refractivity contribution in [2.75, 3.05) is 39.9 Å². The molecule has 0 spiro atoms. The molecular weight excluding hydrogens is 642 g/mol. The molecule has 5 aliphatic rings. The van der Waals surface area contributed by atoms with Gasteiger partial charge >= 0.3 is 5.97 Å². The summed E-state index contributed by atoms with van der Waals surface area (Å²) in [4.78, 5) is 25.7. The maximum absolute atomic E-state index is 14.0. The molecule has 1 aromatic carbocycles. The molecule has 7 heteroatoms. The van der Waals surface area contributed by atoms with Gasteiger partial charge in [-0.15, -0.1) is 0 Å². The van der Waals surface area contributed by atoms with E-state index in [2.05, 4.69) is 44.7 Å². The van der Waals surface area contributed by atoms with Crippen molar-refractivity contribution in [2.45, 2.75) is 91.1 Å². The van der Waals surface area contributed by atoms with Crippen molar-refractivity contribution >= 4 is 17.8 Å². The zero-order valence-electron chi connectivity index (χ0n) is 28.5. The van der Waals surface area contributed by atoms with E-state index in [1.54, 1.807) is 7.11 Å². The van der Waals surface area contributed by atoms with Crippen molar-refractivity contribution < 1.29 is 45.3 Å². The van der Waals surface area contributed by atoms with Crippen molar-refractivity contribution in [3.8, 4) is 11.5 Å². The maximum atomic E-state index is 14.0. The zero-order valence-corrected chi connectivity index (χ0v) is 30.0. The number of rotatable bonds is 9. The van der Waals surface area contributed by atoms with E-state index in [9.17, 15) is 9.59 Å². The number of ketones is 1. The second kappa shape index (κ2) is 14.0. The van der Waals surface area contributed by atoms with Gasteiger partial charge in [0.25, 0.3) is 0 Å². The number of fused-ring (bicyclic) bond motifs is 5. The fraction of sp³-hybridized carbons (Fsp3) is 0.641. The first-order valence-corrected chi connectivity index (χ1v) is 17.5. The van der Waals surface area contributed by atoms with Gasteiger partial charge in [0.2, 0.25) is 0 Å². The number of hydrogen-bond acceptors (Lipinski definition) is 5. The van der Waals surface area contributed by atoms with Crippen LogP contribution in [0, 0.1) is 28.6 Å². The van der Waals surface area contributed by atoms with E-state index >= 15 is 0 Å². The Kier molecular flexibility index (Phi) is 10.6. The molecule has 1 heterocycles. The van der Waals surface area contributed by atoms with Crippen molar-refractivity contribution in [3.63, 3.8) is 0 Å². The quantitative estimate of drug-likeness (QED) is 0.162. The van der Waals surface area contributed by atoms with Crippen LogP contribution in [-0.4, -0.2) is 62.2 Å². The number of halogens is 1. The van der Waals surface area contributed by atoms with Crippen LogP contribution in [0.5, 0.6) is 11.5 Å². The second-order valence-electron chi connectivity index (χ2n) is 15.2. The summed E-state index contributed by atoms with van der Waals surface area (Å²) in [5.41, 5.74) is 3.27. The van der Waals surface area contributed by atoms with Crippen LogP contribution in [0.1, 0.15) is 90.5 Å². The summed E-state index contributed by atoms with van der Waals surface area (Å²) >= 11 is 0. The lowest BCUT2D eigenvalue weighted by Gasteiger charge is -2.56. The molecule has 1 aliphatic heterocycles. The summed E-state index contributed by atoms with van der Waals surface area (Å²) in [5, 5.41) is 0. The van der Waals surface area contributed by atoms with E-state index < -0.39 is 0 Å². The smallest absolute Gasteiger partial charge is 0.302 e. The molecule has 252 valence electrons. The highest BCUT2D eigenvalue weighted by Gasteiger charge is 2.60. The molecule has 0 N–H and O–H groups in total. The highest BCUT2D eigenvalue weighted by Crippen LogP contribution is 2.65. The van der Waals surface area contributed by atoms with Crippen LogP contribution in [0.4, 0.5) is 0 Å². The van der Waals surface area contributed by atoms with Gasteiger partial charge < -0.3 is 35.7 Å². The third kappa shape index (κ3) is 6.52. The minimum Gasteiger partial charge on any atom is -1.00 e. The lowest BCUT2D eigenvalue weighted by molar-refractivity contribution is -0.927. The third-order valence-electron chi connectivity index (χ3n) is 12.7. The number of methoxy groups -OCH3 is 1. The normalized spacial score (nSPS) is 33.9. The number of esters is 1. The molecule has 6 nitrogen and oxygen atoms in total. The summed E-state index contributed by atoms with van der Waals surface area (Å²) in [6.07, 6.45) is 17.2. The molecule has 4 fully saturated rings. The SMILES string of the molecule is C=CC[N+]1(CCOc2ccc(/C=C3\C[C@H]4[C@@H]5CC=C6C[C@@H](OC(C)=O)CC[C@]6(C)[C@H]5CC[C@]4(C)C3=O)cc2OC)CCCCC1.[Br-]. The van der Waals surface area contributed by atoms with Gasteiger partial charge in [0.05, 0.1) is 26.7 Å². The minimum atomic E-state index is -0.296. The van der Waals surface area contributed by atoms with Crippen molar-refractivity contribution in [2.24, 2.45) is 28.6 Å². The number of nitrogens with zero attached hydrogens (tertiary/aromatic N) is 1. The Hall–Kier alpha value is -2.38. The first-order chi connectivity index (χ1) is 21.6. The van der Waals surface area contributed by atoms with E-state index in [1.165, 1.54) is 44.8 Å². The van der Waals surface area contributed by atoms with Gasteiger partial charge in [-0.05, 0) is 116 Å². The molecule has 6 atom stereocenters. The molecular formula is C39H54BrNO5. The molecule has 0 bridgehead atoms. The average molecular weight is 697 g/mol. The predicted molar refractivity (Wildman–Crippen MR) is 178 cm³/mol. The zero-order chi connectivity index (χ0) is 31.8. The van der Waals surface area contributed by atoms with Crippen molar-refractivity contribution in [3.05, 3.63) is 53.6 Å². The van der Waals surface area contributed by atoms with Crippen LogP contribution in [-0.2, 0) is 14.3 Å². The average Bonchev–Trinajstić information content (AvgIpc) is 3.27. The molecule has 1 aromatic rings. The largest absolute Gasteiger partial charge is 1.00 e. The molecule has 0 aromatic heterocycles. The number of hydrogen-bond donors (Lipinski definition) is 0. The van der Waals surface area contributed by atoms with Crippen LogP contribution in [0.2, 0.25) is 0 Å². The highest BCUT2D eigenvalue weighted by atomic mass is 79.9. The third-order valence-corrected chi connectivity index (χ3v) is 12.7. The maximum Gasteiger partial charge on any atom is 0.302 e. The lowest BCUT2D eigenvalue weighted by Crippen LogP contribution is -3.00. The number of carbonyl (C=O) groups excluding carboxylic acids is 2. The van der Waals surface area contributed by atoms with Crippen molar-refractivity contribution in [1.82, 2.24) is 0 Å². The van der Waals surface area contributed by atoms with Crippen LogP contribution in [0.15, 0.2) is 48.1 Å². The van der Waals surface area contributed by atoms with Gasteiger partial charge in [-0.2, -0.15) is 0 Å². The van der Waals surface area contributed by atoms with E-state index in [1.807, 2.05) is 12.1 Å². The van der Waals surface area contributed by atoms with Gasteiger partial charge in [-0.25, -0.2) is 0 Å². The Morgan fingerprint density at radius 1 is 1.04 bits per heavy atom. The fourth-order valence-corrected chi connectivity index (χ4v) is 10.2. The van der Waals surface area contributed by atoms with Crippen LogP contribution in [0.25, 0.3) is 6.08 Å². The Morgan fingerprint density at radius 3 is 2.52 bits per heavy atom. The molecule has 0 unspecified atom stereocenters. The van der Waals surface area contributed by atoms with Crippen LogP contribution in [0.3, 0.4) is 0 Å². The van der Waals surface area contributed by atoms with E-state index in [0.29, 0.717) is 30.1 Å². The van der Waals surface area contributed by atoms with Crippen LogP contribution < -0.4 is 26.5 Å². The standard InChI is InChI=1S/C39H54NO5.BrH/c1-6-18-40(19-8-7-9-20-40)21-22-44-35-13-10-28(24-36(35)43-5)23-29-25-34-32-12-11-30-26-31(45-27(2)41)14-16-38(30,3)33(32)15-17-39(34,4)37(29)42;/h6,10-11,13,23-24,31-34H,1,7-9,12,14-22,25-26H2,2-5H3;1H/q+1;/p-1/b29-23+;/t31-,32+,33-,34-,38-,39-;/m0./s1. The van der Waals surface area contributed by atoms with Gasteiger partial charge in [0.15, 0.2) is 17.3 Å². The number of Topliss-reactive ketones (excluding diaryl/α,β-unsaturated/α-hetero) is 1. The Bertz CT molecular complexity index is 1380. The first-order valence-electron chi connectivity index (χ1n) is 17.5. The first kappa shape index (κ1) is 34.9.